The average Bonchev–Trinajstić information content (AvgIpc) is 2.38. The van der Waals surface area contributed by atoms with Crippen molar-refractivity contribution < 1.29 is 4.74 Å². The lowest BCUT2D eigenvalue weighted by Crippen LogP contribution is -2.06. The van der Waals surface area contributed by atoms with Gasteiger partial charge in [0.2, 0.25) is 0 Å². The SMILES string of the molecule is Cc1cc(OC(C)C)ccc1NCc1cccnc1. The van der Waals surface area contributed by atoms with E-state index >= 15 is 0 Å². The van der Waals surface area contributed by atoms with Crippen LogP contribution in [0.25, 0.3) is 0 Å². The van der Waals surface area contributed by atoms with Crippen molar-refractivity contribution in [2.45, 2.75) is 33.4 Å². The van der Waals surface area contributed by atoms with Crippen molar-refractivity contribution in [2.24, 2.45) is 0 Å². The normalized spacial score (nSPS) is 10.5. The molecular formula is C16H20N2O. The Morgan fingerprint density at radius 3 is 2.74 bits per heavy atom. The van der Waals surface area contributed by atoms with Crippen LogP contribution in [0, 0.1) is 6.92 Å². The largest absolute Gasteiger partial charge is 0.491 e. The first-order chi connectivity index (χ1) is 9.15. The number of hydrogen-bond donors (Lipinski definition) is 1. The first-order valence-corrected chi connectivity index (χ1v) is 6.55. The van der Waals surface area contributed by atoms with Crippen molar-refractivity contribution in [3.05, 3.63) is 53.9 Å². The van der Waals surface area contributed by atoms with Crippen molar-refractivity contribution >= 4 is 5.69 Å². The van der Waals surface area contributed by atoms with Gasteiger partial charge in [-0.3, -0.25) is 4.98 Å². The summed E-state index contributed by atoms with van der Waals surface area (Å²) < 4.78 is 5.68. The van der Waals surface area contributed by atoms with Crippen LogP contribution in [-0.2, 0) is 6.54 Å². The maximum atomic E-state index is 5.68. The number of aryl methyl sites for hydroxylation is 1. The summed E-state index contributed by atoms with van der Waals surface area (Å²) in [6.07, 6.45) is 3.86. The van der Waals surface area contributed by atoms with E-state index in [0.717, 1.165) is 18.0 Å². The molecule has 0 aliphatic rings. The number of benzene rings is 1. The lowest BCUT2D eigenvalue weighted by atomic mass is 10.2. The fourth-order valence-electron chi connectivity index (χ4n) is 1.88. The lowest BCUT2D eigenvalue weighted by Gasteiger charge is -2.13. The molecule has 0 aliphatic heterocycles. The number of nitrogens with one attached hydrogen (secondary N) is 1. The van der Waals surface area contributed by atoms with Gasteiger partial charge in [-0.05, 0) is 56.2 Å². The van der Waals surface area contributed by atoms with Gasteiger partial charge in [0.05, 0.1) is 6.10 Å². The Hall–Kier alpha value is -2.03. The highest BCUT2D eigenvalue weighted by Crippen LogP contribution is 2.22. The second-order valence-electron chi connectivity index (χ2n) is 4.86. The lowest BCUT2D eigenvalue weighted by molar-refractivity contribution is 0.242. The standard InChI is InChI=1S/C16H20N2O/c1-12(2)19-15-6-7-16(13(3)9-15)18-11-14-5-4-8-17-10-14/h4-10,12,18H,11H2,1-3H3. The second-order valence-corrected chi connectivity index (χ2v) is 4.86. The Kier molecular flexibility index (Phi) is 4.39. The molecule has 0 radical (unpaired) electrons. The van der Waals surface area contributed by atoms with Crippen molar-refractivity contribution in [1.82, 2.24) is 4.98 Å². The van der Waals surface area contributed by atoms with Gasteiger partial charge < -0.3 is 10.1 Å². The van der Waals surface area contributed by atoms with Crippen LogP contribution in [0.5, 0.6) is 5.75 Å². The van der Waals surface area contributed by atoms with Gasteiger partial charge in [0, 0.05) is 24.6 Å². The zero-order valence-electron chi connectivity index (χ0n) is 11.7. The fourth-order valence-corrected chi connectivity index (χ4v) is 1.88. The molecule has 1 aromatic carbocycles. The first kappa shape index (κ1) is 13.4. The zero-order chi connectivity index (χ0) is 13.7. The minimum Gasteiger partial charge on any atom is -0.491 e. The molecule has 100 valence electrons. The monoisotopic (exact) mass is 256 g/mol. The number of anilines is 1. The summed E-state index contributed by atoms with van der Waals surface area (Å²) in [5.41, 5.74) is 3.48. The minimum atomic E-state index is 0.202. The zero-order valence-corrected chi connectivity index (χ0v) is 11.7. The van der Waals surface area contributed by atoms with Crippen LogP contribution >= 0.6 is 0 Å². The predicted molar refractivity (Wildman–Crippen MR) is 78.5 cm³/mol. The van der Waals surface area contributed by atoms with E-state index in [1.165, 1.54) is 11.1 Å². The molecule has 2 aromatic rings. The third-order valence-corrected chi connectivity index (χ3v) is 2.78. The van der Waals surface area contributed by atoms with Crippen LogP contribution in [0.4, 0.5) is 5.69 Å². The predicted octanol–water partition coefficient (Wildman–Crippen LogP) is 3.79. The van der Waals surface area contributed by atoms with Gasteiger partial charge in [-0.15, -0.1) is 0 Å². The smallest absolute Gasteiger partial charge is 0.120 e. The quantitative estimate of drug-likeness (QED) is 0.883. The number of hydrogen-bond acceptors (Lipinski definition) is 3. The highest BCUT2D eigenvalue weighted by Gasteiger charge is 2.02. The molecule has 0 fully saturated rings. The Morgan fingerprint density at radius 2 is 2.11 bits per heavy atom. The van der Waals surface area contributed by atoms with Gasteiger partial charge in [-0.1, -0.05) is 6.07 Å². The molecule has 0 saturated heterocycles. The summed E-state index contributed by atoms with van der Waals surface area (Å²) in [6, 6.07) is 10.1. The van der Waals surface area contributed by atoms with E-state index in [1.54, 1.807) is 6.20 Å². The van der Waals surface area contributed by atoms with Crippen molar-refractivity contribution in [1.29, 1.82) is 0 Å². The average molecular weight is 256 g/mol. The second kappa shape index (κ2) is 6.23. The number of ether oxygens (including phenoxy) is 1. The molecule has 1 N–H and O–H groups in total. The summed E-state index contributed by atoms with van der Waals surface area (Å²) in [5, 5.41) is 3.41. The molecule has 3 nitrogen and oxygen atoms in total. The summed E-state index contributed by atoms with van der Waals surface area (Å²) in [5.74, 6) is 0.916. The molecule has 3 heteroatoms. The number of aromatic nitrogens is 1. The van der Waals surface area contributed by atoms with Gasteiger partial charge in [-0.2, -0.15) is 0 Å². The molecule has 0 unspecified atom stereocenters. The van der Waals surface area contributed by atoms with Crippen LogP contribution in [-0.4, -0.2) is 11.1 Å². The molecule has 0 amide bonds. The number of nitrogens with zero attached hydrogens (tertiary/aromatic N) is 1. The van der Waals surface area contributed by atoms with Gasteiger partial charge in [0.15, 0.2) is 0 Å². The highest BCUT2D eigenvalue weighted by molar-refractivity contribution is 5.53. The molecule has 0 spiro atoms. The van der Waals surface area contributed by atoms with Crippen molar-refractivity contribution in [3.63, 3.8) is 0 Å². The van der Waals surface area contributed by atoms with E-state index in [1.807, 2.05) is 32.2 Å². The van der Waals surface area contributed by atoms with E-state index in [4.69, 9.17) is 4.74 Å². The molecule has 1 aromatic heterocycles. The summed E-state index contributed by atoms with van der Waals surface area (Å²) in [4.78, 5) is 4.11. The molecule has 0 atom stereocenters. The maximum absolute atomic E-state index is 5.68. The van der Waals surface area contributed by atoms with Crippen LogP contribution in [0.15, 0.2) is 42.7 Å². The van der Waals surface area contributed by atoms with Crippen LogP contribution < -0.4 is 10.1 Å². The number of rotatable bonds is 5. The summed E-state index contributed by atoms with van der Waals surface area (Å²) >= 11 is 0. The van der Waals surface area contributed by atoms with Gasteiger partial charge in [0.25, 0.3) is 0 Å². The Bertz CT molecular complexity index is 524. The van der Waals surface area contributed by atoms with E-state index in [0.29, 0.717) is 0 Å². The molecule has 0 aliphatic carbocycles. The molecular weight excluding hydrogens is 236 g/mol. The first-order valence-electron chi connectivity index (χ1n) is 6.55. The molecule has 19 heavy (non-hydrogen) atoms. The van der Waals surface area contributed by atoms with Crippen LogP contribution in [0.1, 0.15) is 25.0 Å². The van der Waals surface area contributed by atoms with Crippen LogP contribution in [0.2, 0.25) is 0 Å². The van der Waals surface area contributed by atoms with E-state index in [9.17, 15) is 0 Å². The molecule has 1 heterocycles. The Morgan fingerprint density at radius 1 is 1.26 bits per heavy atom. The summed E-state index contributed by atoms with van der Waals surface area (Å²) in [6.45, 7) is 6.92. The Balaban J connectivity index is 2.01. The molecule has 0 bridgehead atoms. The third kappa shape index (κ3) is 3.98. The third-order valence-electron chi connectivity index (χ3n) is 2.78. The maximum Gasteiger partial charge on any atom is 0.120 e. The van der Waals surface area contributed by atoms with E-state index in [-0.39, 0.29) is 6.10 Å². The van der Waals surface area contributed by atoms with E-state index in [2.05, 4.69) is 35.4 Å². The molecule has 2 rings (SSSR count). The van der Waals surface area contributed by atoms with Crippen LogP contribution in [0.3, 0.4) is 0 Å². The number of pyridine rings is 1. The van der Waals surface area contributed by atoms with Gasteiger partial charge >= 0.3 is 0 Å². The topological polar surface area (TPSA) is 34.1 Å². The van der Waals surface area contributed by atoms with Gasteiger partial charge in [-0.25, -0.2) is 0 Å². The molecule has 0 saturated carbocycles. The van der Waals surface area contributed by atoms with E-state index < -0.39 is 0 Å². The van der Waals surface area contributed by atoms with Gasteiger partial charge in [0.1, 0.15) is 5.75 Å². The van der Waals surface area contributed by atoms with Crippen molar-refractivity contribution in [3.8, 4) is 5.75 Å². The Labute approximate surface area is 114 Å². The van der Waals surface area contributed by atoms with Crippen molar-refractivity contribution in [2.75, 3.05) is 5.32 Å². The fraction of sp³-hybridized carbons (Fsp3) is 0.312. The summed E-state index contributed by atoms with van der Waals surface area (Å²) in [7, 11) is 0. The minimum absolute atomic E-state index is 0.202. The highest BCUT2D eigenvalue weighted by atomic mass is 16.5.